The summed E-state index contributed by atoms with van der Waals surface area (Å²) in [4.78, 5) is 12.4. The van der Waals surface area contributed by atoms with E-state index < -0.39 is 0 Å². The second kappa shape index (κ2) is 9.85. The van der Waals surface area contributed by atoms with Crippen molar-refractivity contribution in [1.82, 2.24) is 10.6 Å². The van der Waals surface area contributed by atoms with Crippen molar-refractivity contribution in [2.45, 2.75) is 51.5 Å². The molecule has 1 aliphatic rings. The molecule has 25 heavy (non-hydrogen) atoms. The molecule has 0 fully saturated rings. The van der Waals surface area contributed by atoms with Crippen LogP contribution in [-0.4, -0.2) is 24.2 Å². The van der Waals surface area contributed by atoms with Crippen LogP contribution in [0.1, 0.15) is 55.3 Å². The largest absolute Gasteiger partial charge is 0.396 e. The van der Waals surface area contributed by atoms with Gasteiger partial charge in [-0.15, -0.1) is 0 Å². The number of nitriles is 1. The zero-order chi connectivity index (χ0) is 18.1. The number of rotatable bonds is 8. The van der Waals surface area contributed by atoms with E-state index in [2.05, 4.69) is 28.8 Å². The number of hydrogen-bond acceptors (Lipinski definition) is 4. The highest BCUT2D eigenvalue weighted by atomic mass is 16.3. The molecule has 1 aromatic carbocycles. The maximum Gasteiger partial charge on any atom is 0.263 e. The van der Waals surface area contributed by atoms with E-state index in [9.17, 15) is 10.1 Å². The van der Waals surface area contributed by atoms with Crippen molar-refractivity contribution in [3.63, 3.8) is 0 Å². The number of aliphatic hydroxyl groups excluding tert-OH is 1. The Labute approximate surface area is 149 Å². The molecule has 3 N–H and O–H groups in total. The Hall–Kier alpha value is -2.32. The standard InChI is InChI=1S/C20H27N3O2/c1-2-19(17-9-8-15-6-3-4-7-16(15)12-17)23-20(25)18(13-21)14-22-10-5-11-24/h8-9,12,14,19,22,24H,2-7,10-11H2,1H3,(H,23,25)/b18-14-. The second-order valence-electron chi connectivity index (χ2n) is 6.37. The Balaban J connectivity index is 2.05. The topological polar surface area (TPSA) is 85.2 Å². The minimum atomic E-state index is -0.372. The van der Waals surface area contributed by atoms with Gasteiger partial charge >= 0.3 is 0 Å². The van der Waals surface area contributed by atoms with Gasteiger partial charge in [0, 0.05) is 19.4 Å². The molecule has 0 spiro atoms. The van der Waals surface area contributed by atoms with Crippen molar-refractivity contribution in [2.75, 3.05) is 13.2 Å². The van der Waals surface area contributed by atoms with Crippen LogP contribution >= 0.6 is 0 Å². The molecule has 0 saturated carbocycles. The molecule has 0 aliphatic heterocycles. The summed E-state index contributed by atoms with van der Waals surface area (Å²) in [5.74, 6) is -0.372. The van der Waals surface area contributed by atoms with E-state index in [1.165, 1.54) is 30.2 Å². The van der Waals surface area contributed by atoms with E-state index in [4.69, 9.17) is 5.11 Å². The first-order valence-electron chi connectivity index (χ1n) is 9.06. The number of carbonyl (C=O) groups excluding carboxylic acids is 1. The molecule has 5 heteroatoms. The number of hydrogen-bond donors (Lipinski definition) is 3. The summed E-state index contributed by atoms with van der Waals surface area (Å²) in [6, 6.07) is 8.31. The summed E-state index contributed by atoms with van der Waals surface area (Å²) in [6.07, 6.45) is 7.47. The summed E-state index contributed by atoms with van der Waals surface area (Å²) in [5.41, 5.74) is 3.96. The maximum atomic E-state index is 12.4. The minimum absolute atomic E-state index is 0.0503. The van der Waals surface area contributed by atoms with Crippen LogP contribution in [0, 0.1) is 11.3 Å². The molecule has 2 rings (SSSR count). The van der Waals surface area contributed by atoms with Crippen molar-refractivity contribution < 1.29 is 9.90 Å². The van der Waals surface area contributed by atoms with Gasteiger partial charge in [-0.3, -0.25) is 4.79 Å². The van der Waals surface area contributed by atoms with Crippen LogP contribution in [0.2, 0.25) is 0 Å². The predicted octanol–water partition coefficient (Wildman–Crippen LogP) is 2.51. The maximum absolute atomic E-state index is 12.4. The van der Waals surface area contributed by atoms with Crippen LogP contribution in [0.5, 0.6) is 0 Å². The number of aliphatic hydroxyl groups is 1. The second-order valence-corrected chi connectivity index (χ2v) is 6.37. The van der Waals surface area contributed by atoms with E-state index in [1.807, 2.05) is 13.0 Å². The van der Waals surface area contributed by atoms with Crippen LogP contribution in [0.15, 0.2) is 30.0 Å². The lowest BCUT2D eigenvalue weighted by Crippen LogP contribution is -2.30. The Bertz CT molecular complexity index is 661. The molecular weight excluding hydrogens is 314 g/mol. The van der Waals surface area contributed by atoms with Gasteiger partial charge in [0.1, 0.15) is 11.6 Å². The zero-order valence-corrected chi connectivity index (χ0v) is 14.8. The first-order valence-corrected chi connectivity index (χ1v) is 9.06. The molecule has 1 aromatic rings. The fourth-order valence-corrected chi connectivity index (χ4v) is 3.13. The van der Waals surface area contributed by atoms with Crippen molar-refractivity contribution in [2.24, 2.45) is 0 Å². The quantitative estimate of drug-likeness (QED) is 0.385. The number of fused-ring (bicyclic) bond motifs is 1. The summed E-state index contributed by atoms with van der Waals surface area (Å²) in [7, 11) is 0. The molecule has 1 unspecified atom stereocenters. The Morgan fingerprint density at radius 2 is 2.12 bits per heavy atom. The number of benzene rings is 1. The lowest BCUT2D eigenvalue weighted by atomic mass is 9.88. The number of nitrogens with one attached hydrogen (secondary N) is 2. The highest BCUT2D eigenvalue weighted by molar-refractivity contribution is 5.97. The summed E-state index contributed by atoms with van der Waals surface area (Å²) >= 11 is 0. The summed E-state index contributed by atoms with van der Waals surface area (Å²) in [5, 5.41) is 23.8. The monoisotopic (exact) mass is 341 g/mol. The molecule has 0 bridgehead atoms. The van der Waals surface area contributed by atoms with Gasteiger partial charge in [-0.1, -0.05) is 25.1 Å². The number of carbonyl (C=O) groups is 1. The molecular formula is C20H27N3O2. The average Bonchev–Trinajstić information content (AvgIpc) is 2.65. The summed E-state index contributed by atoms with van der Waals surface area (Å²) < 4.78 is 0. The third-order valence-corrected chi connectivity index (χ3v) is 4.58. The SMILES string of the molecule is CCC(NC(=O)/C(C#N)=C\NCCCO)c1ccc2c(c1)CCCC2. The molecule has 0 aromatic heterocycles. The van der Waals surface area contributed by atoms with Crippen LogP contribution in [0.25, 0.3) is 0 Å². The highest BCUT2D eigenvalue weighted by Gasteiger charge is 2.18. The normalized spacial score (nSPS) is 15.0. The van der Waals surface area contributed by atoms with Crippen molar-refractivity contribution in [1.29, 1.82) is 5.26 Å². The van der Waals surface area contributed by atoms with Gasteiger partial charge in [-0.05, 0) is 55.2 Å². The van der Waals surface area contributed by atoms with Gasteiger partial charge in [0.15, 0.2) is 0 Å². The van der Waals surface area contributed by atoms with Crippen LogP contribution in [0.3, 0.4) is 0 Å². The lowest BCUT2D eigenvalue weighted by Gasteiger charge is -2.21. The van der Waals surface area contributed by atoms with Crippen molar-refractivity contribution in [3.05, 3.63) is 46.7 Å². The van der Waals surface area contributed by atoms with E-state index in [-0.39, 0.29) is 24.1 Å². The predicted molar refractivity (Wildman–Crippen MR) is 97.7 cm³/mol. The molecule has 0 saturated heterocycles. The fraction of sp³-hybridized carbons (Fsp3) is 0.500. The molecule has 1 atom stereocenters. The molecule has 1 amide bonds. The van der Waals surface area contributed by atoms with Gasteiger partial charge in [0.25, 0.3) is 5.91 Å². The molecule has 1 aliphatic carbocycles. The van der Waals surface area contributed by atoms with Gasteiger partial charge in [0.05, 0.1) is 6.04 Å². The zero-order valence-electron chi connectivity index (χ0n) is 14.8. The first kappa shape index (κ1) is 19.0. The Morgan fingerprint density at radius 1 is 1.36 bits per heavy atom. The molecule has 134 valence electrons. The first-order chi connectivity index (χ1) is 12.2. The van der Waals surface area contributed by atoms with E-state index in [0.29, 0.717) is 13.0 Å². The van der Waals surface area contributed by atoms with Gasteiger partial charge < -0.3 is 15.7 Å². The average molecular weight is 341 g/mol. The van der Waals surface area contributed by atoms with Crippen LogP contribution < -0.4 is 10.6 Å². The number of amides is 1. The number of aryl methyl sites for hydroxylation is 2. The summed E-state index contributed by atoms with van der Waals surface area (Å²) in [6.45, 7) is 2.63. The smallest absolute Gasteiger partial charge is 0.263 e. The Morgan fingerprint density at radius 3 is 2.80 bits per heavy atom. The fourth-order valence-electron chi connectivity index (χ4n) is 3.13. The Kier molecular flexibility index (Phi) is 7.49. The van der Waals surface area contributed by atoms with Gasteiger partial charge in [0.2, 0.25) is 0 Å². The number of nitrogens with zero attached hydrogens (tertiary/aromatic N) is 1. The molecule has 0 radical (unpaired) electrons. The molecule has 0 heterocycles. The molecule has 5 nitrogen and oxygen atoms in total. The van der Waals surface area contributed by atoms with Crippen molar-refractivity contribution in [3.8, 4) is 6.07 Å². The third kappa shape index (κ3) is 5.33. The minimum Gasteiger partial charge on any atom is -0.396 e. The lowest BCUT2D eigenvalue weighted by molar-refractivity contribution is -0.117. The van der Waals surface area contributed by atoms with Crippen molar-refractivity contribution >= 4 is 5.91 Å². The van der Waals surface area contributed by atoms with Gasteiger partial charge in [-0.25, -0.2) is 0 Å². The highest BCUT2D eigenvalue weighted by Crippen LogP contribution is 2.26. The van der Waals surface area contributed by atoms with Gasteiger partial charge in [-0.2, -0.15) is 5.26 Å². The van der Waals surface area contributed by atoms with Crippen LogP contribution in [-0.2, 0) is 17.6 Å². The van der Waals surface area contributed by atoms with E-state index in [1.54, 1.807) is 0 Å². The van der Waals surface area contributed by atoms with E-state index in [0.717, 1.165) is 24.8 Å². The third-order valence-electron chi connectivity index (χ3n) is 4.58. The van der Waals surface area contributed by atoms with Crippen LogP contribution in [0.4, 0.5) is 0 Å². The van der Waals surface area contributed by atoms with E-state index >= 15 is 0 Å².